The number of allylic oxidation sites excluding steroid dienone is 1. The van der Waals surface area contributed by atoms with Crippen LogP contribution in [0.1, 0.15) is 12.8 Å². The van der Waals surface area contributed by atoms with Crippen molar-refractivity contribution in [2.24, 2.45) is 16.3 Å². The topological polar surface area (TPSA) is 63.5 Å². The Morgan fingerprint density at radius 2 is 2.32 bits per heavy atom. The highest BCUT2D eigenvalue weighted by Crippen LogP contribution is 2.59. The summed E-state index contributed by atoms with van der Waals surface area (Å²) in [6, 6.07) is -0.101. The van der Waals surface area contributed by atoms with Crippen LogP contribution in [0.3, 0.4) is 0 Å². The minimum atomic E-state index is -2.37. The molecule has 6 nitrogen and oxygen atoms in total. The van der Waals surface area contributed by atoms with Crippen molar-refractivity contribution >= 4 is 34.8 Å². The number of nitrogens with zero attached hydrogens (tertiary/aromatic N) is 3. The molecule has 0 saturated heterocycles. The fourth-order valence-corrected chi connectivity index (χ4v) is 4.56. The van der Waals surface area contributed by atoms with Gasteiger partial charge in [-0.1, -0.05) is 17.4 Å². The van der Waals surface area contributed by atoms with E-state index in [1.165, 1.54) is 30.6 Å². The molecule has 106 valence electrons. The SMILES string of the molecule is COP(=S)(OC)SCN1N=NC2C=CCCC2C1=O. The first kappa shape index (κ1) is 15.1. The molecule has 2 unspecified atom stereocenters. The Kier molecular flexibility index (Phi) is 5.14. The Morgan fingerprint density at radius 1 is 1.58 bits per heavy atom. The summed E-state index contributed by atoms with van der Waals surface area (Å²) in [7, 11) is 3.03. The minimum Gasteiger partial charge on any atom is -0.325 e. The number of fused-ring (bicyclic) bond motifs is 1. The highest BCUT2D eigenvalue weighted by Gasteiger charge is 2.36. The van der Waals surface area contributed by atoms with Crippen LogP contribution in [0.5, 0.6) is 0 Å². The predicted molar refractivity (Wildman–Crippen MR) is 78.1 cm³/mol. The predicted octanol–water partition coefficient (Wildman–Crippen LogP) is 2.74. The van der Waals surface area contributed by atoms with Crippen molar-refractivity contribution in [1.82, 2.24) is 5.01 Å². The lowest BCUT2D eigenvalue weighted by Crippen LogP contribution is -2.41. The molecule has 0 N–H and O–H groups in total. The second-order valence-electron chi connectivity index (χ2n) is 4.12. The third-order valence-electron chi connectivity index (χ3n) is 3.04. The highest BCUT2D eigenvalue weighted by atomic mass is 32.9. The van der Waals surface area contributed by atoms with E-state index in [1.807, 2.05) is 12.2 Å². The van der Waals surface area contributed by atoms with Crippen molar-refractivity contribution in [3.8, 4) is 0 Å². The maximum absolute atomic E-state index is 12.3. The van der Waals surface area contributed by atoms with Gasteiger partial charge >= 0.3 is 0 Å². The highest BCUT2D eigenvalue weighted by molar-refractivity contribution is 8.67. The summed E-state index contributed by atoms with van der Waals surface area (Å²) in [4.78, 5) is 12.3. The van der Waals surface area contributed by atoms with Crippen LogP contribution in [0.15, 0.2) is 22.5 Å². The lowest BCUT2D eigenvalue weighted by molar-refractivity contribution is -0.137. The maximum Gasteiger partial charge on any atom is 0.250 e. The van der Waals surface area contributed by atoms with Gasteiger partial charge in [-0.05, 0) is 36.0 Å². The summed E-state index contributed by atoms with van der Waals surface area (Å²) >= 11 is 6.52. The van der Waals surface area contributed by atoms with Crippen molar-refractivity contribution in [3.63, 3.8) is 0 Å². The van der Waals surface area contributed by atoms with Crippen molar-refractivity contribution in [1.29, 1.82) is 0 Å². The van der Waals surface area contributed by atoms with E-state index in [0.29, 0.717) is 5.88 Å². The van der Waals surface area contributed by atoms with Crippen LogP contribution in [0, 0.1) is 5.92 Å². The summed E-state index contributed by atoms with van der Waals surface area (Å²) in [6.07, 6.45) is 5.74. The van der Waals surface area contributed by atoms with Crippen molar-refractivity contribution < 1.29 is 13.8 Å². The van der Waals surface area contributed by atoms with Crippen LogP contribution >= 0.6 is 17.1 Å². The first-order valence-corrected chi connectivity index (χ1v) is 10.1. The van der Waals surface area contributed by atoms with Gasteiger partial charge in [0.25, 0.3) is 5.91 Å². The third kappa shape index (κ3) is 3.44. The van der Waals surface area contributed by atoms with Gasteiger partial charge < -0.3 is 9.05 Å². The van der Waals surface area contributed by atoms with Gasteiger partial charge in [0.15, 0.2) is 0 Å². The molecule has 19 heavy (non-hydrogen) atoms. The second kappa shape index (κ2) is 6.45. The van der Waals surface area contributed by atoms with Crippen molar-refractivity contribution in [2.75, 3.05) is 20.1 Å². The zero-order chi connectivity index (χ0) is 13.9. The zero-order valence-electron chi connectivity index (χ0n) is 10.8. The molecule has 0 spiro atoms. The number of carbonyl (C=O) groups excluding carboxylic acids is 1. The Balaban J connectivity index is 2.01. The molecule has 2 atom stereocenters. The van der Waals surface area contributed by atoms with E-state index < -0.39 is 5.69 Å². The monoisotopic (exact) mass is 321 g/mol. The number of amides is 1. The molecule has 1 aliphatic heterocycles. The molecule has 1 aliphatic carbocycles. The van der Waals surface area contributed by atoms with Crippen LogP contribution in [-0.2, 0) is 25.6 Å². The molecule has 0 aromatic rings. The third-order valence-corrected chi connectivity index (χ3v) is 8.64. The molecule has 1 amide bonds. The van der Waals surface area contributed by atoms with E-state index in [2.05, 4.69) is 10.3 Å². The van der Waals surface area contributed by atoms with Gasteiger partial charge in [0.2, 0.25) is 5.69 Å². The average molecular weight is 321 g/mol. The first-order chi connectivity index (χ1) is 9.09. The normalized spacial score (nSPS) is 26.6. The smallest absolute Gasteiger partial charge is 0.250 e. The maximum atomic E-state index is 12.3. The van der Waals surface area contributed by atoms with E-state index in [4.69, 9.17) is 20.9 Å². The largest absolute Gasteiger partial charge is 0.325 e. The van der Waals surface area contributed by atoms with Crippen LogP contribution in [0.25, 0.3) is 0 Å². The molecule has 0 radical (unpaired) electrons. The lowest BCUT2D eigenvalue weighted by Gasteiger charge is -2.31. The van der Waals surface area contributed by atoms with E-state index in [0.717, 1.165) is 12.8 Å². The van der Waals surface area contributed by atoms with E-state index >= 15 is 0 Å². The van der Waals surface area contributed by atoms with Gasteiger partial charge in [0.05, 0.1) is 5.92 Å². The quantitative estimate of drug-likeness (QED) is 0.575. The summed E-state index contributed by atoms with van der Waals surface area (Å²) in [5, 5.41) is 9.49. The Hall–Kier alpha value is -0.270. The average Bonchev–Trinajstić information content (AvgIpc) is 2.46. The summed E-state index contributed by atoms with van der Waals surface area (Å²) in [6.45, 7) is 0. The molecule has 0 saturated carbocycles. The van der Waals surface area contributed by atoms with E-state index in [9.17, 15) is 4.79 Å². The van der Waals surface area contributed by atoms with Gasteiger partial charge in [0, 0.05) is 14.2 Å². The van der Waals surface area contributed by atoms with Gasteiger partial charge in [0.1, 0.15) is 11.9 Å². The summed E-state index contributed by atoms with van der Waals surface area (Å²) in [5.74, 6) is 0.227. The van der Waals surface area contributed by atoms with Gasteiger partial charge in [-0.15, -0.1) is 0 Å². The first-order valence-electron chi connectivity index (χ1n) is 5.84. The molecule has 2 rings (SSSR count). The number of carbonyl (C=O) groups is 1. The summed E-state index contributed by atoms with van der Waals surface area (Å²) in [5.41, 5.74) is -2.37. The molecule has 9 heteroatoms. The van der Waals surface area contributed by atoms with Crippen LogP contribution in [-0.4, -0.2) is 37.1 Å². The van der Waals surface area contributed by atoms with Gasteiger partial charge in [-0.2, -0.15) is 5.11 Å². The van der Waals surface area contributed by atoms with Gasteiger partial charge in [-0.3, -0.25) is 4.79 Å². The van der Waals surface area contributed by atoms with Crippen LogP contribution in [0.2, 0.25) is 0 Å². The van der Waals surface area contributed by atoms with Crippen LogP contribution < -0.4 is 0 Å². The standard InChI is InChI=1S/C10H16N3O3PS2/c1-15-17(18,16-2)19-7-13-10(14)8-5-3-4-6-9(8)11-12-13/h4,6,8-9H,3,5,7H2,1-2H3. The Morgan fingerprint density at radius 3 is 3.00 bits per heavy atom. The number of hydrogen-bond acceptors (Lipinski definition) is 7. The number of hydrogen-bond donors (Lipinski definition) is 0. The lowest BCUT2D eigenvalue weighted by atomic mass is 9.89. The molecule has 0 aromatic heterocycles. The van der Waals surface area contributed by atoms with Crippen molar-refractivity contribution in [2.45, 2.75) is 18.9 Å². The molecular formula is C10H16N3O3PS2. The van der Waals surface area contributed by atoms with Gasteiger partial charge in [-0.25, -0.2) is 5.01 Å². The molecule has 0 aromatic carbocycles. The molecule has 1 heterocycles. The number of rotatable bonds is 5. The van der Waals surface area contributed by atoms with Crippen LogP contribution in [0.4, 0.5) is 0 Å². The molecule has 0 bridgehead atoms. The second-order valence-corrected chi connectivity index (χ2v) is 10.6. The Bertz CT molecular complexity index is 449. The van der Waals surface area contributed by atoms with Crippen molar-refractivity contribution in [3.05, 3.63) is 12.2 Å². The van der Waals surface area contributed by atoms with E-state index in [-0.39, 0.29) is 17.9 Å². The van der Waals surface area contributed by atoms with E-state index in [1.54, 1.807) is 0 Å². The zero-order valence-corrected chi connectivity index (χ0v) is 13.3. The summed E-state index contributed by atoms with van der Waals surface area (Å²) < 4.78 is 10.3. The molecular weight excluding hydrogens is 305 g/mol. The molecule has 0 fully saturated rings. The Labute approximate surface area is 121 Å². The fourth-order valence-electron chi connectivity index (χ4n) is 1.96. The fraction of sp³-hybridized carbons (Fsp3) is 0.700. The molecule has 2 aliphatic rings. The minimum absolute atomic E-state index is 0.00519.